The van der Waals surface area contributed by atoms with Gasteiger partial charge in [0.1, 0.15) is 0 Å². The number of aromatic nitrogens is 1. The van der Waals surface area contributed by atoms with Crippen molar-refractivity contribution in [3.05, 3.63) is 59.9 Å². The first-order valence-corrected chi connectivity index (χ1v) is 9.24. The molecule has 0 bridgehead atoms. The van der Waals surface area contributed by atoms with E-state index in [4.69, 9.17) is 0 Å². The van der Waals surface area contributed by atoms with E-state index in [2.05, 4.69) is 9.71 Å². The van der Waals surface area contributed by atoms with E-state index in [1.165, 1.54) is 12.1 Å². The van der Waals surface area contributed by atoms with Crippen LogP contribution in [0.5, 0.6) is 0 Å². The Morgan fingerprint density at radius 2 is 1.62 bits per heavy atom. The largest absolute Gasteiger partial charge is 0.339 e. The number of nitrogens with one attached hydrogen (secondary N) is 1. The summed E-state index contributed by atoms with van der Waals surface area (Å²) in [7, 11) is -3.63. The number of hydrogen-bond donors (Lipinski definition) is 1. The Balaban J connectivity index is 2.10. The average Bonchev–Trinajstić information content (AvgIpc) is 2.62. The van der Waals surface area contributed by atoms with Crippen molar-refractivity contribution in [3.8, 4) is 0 Å². The van der Waals surface area contributed by atoms with Crippen LogP contribution >= 0.6 is 0 Å². The highest BCUT2D eigenvalue weighted by Crippen LogP contribution is 2.13. The van der Waals surface area contributed by atoms with Gasteiger partial charge in [-0.3, -0.25) is 9.78 Å². The predicted molar refractivity (Wildman–Crippen MR) is 92.0 cm³/mol. The maximum atomic E-state index is 12.3. The van der Waals surface area contributed by atoms with Crippen molar-refractivity contribution in [3.63, 3.8) is 0 Å². The average molecular weight is 347 g/mol. The Morgan fingerprint density at radius 3 is 2.17 bits per heavy atom. The van der Waals surface area contributed by atoms with E-state index >= 15 is 0 Å². The molecule has 0 aliphatic heterocycles. The summed E-state index contributed by atoms with van der Waals surface area (Å²) in [6.07, 6.45) is 3.22. The van der Waals surface area contributed by atoms with Crippen molar-refractivity contribution in [2.75, 3.05) is 13.1 Å². The zero-order valence-corrected chi connectivity index (χ0v) is 14.6. The summed E-state index contributed by atoms with van der Waals surface area (Å²) in [6, 6.07) is 9.48. The number of amides is 1. The SMILES string of the molecule is CCN(CC)C(=O)c1ccc(S(=O)(=O)NCc2ccncc2)cc1. The molecule has 0 fully saturated rings. The zero-order chi connectivity index (χ0) is 17.6. The number of pyridine rings is 1. The van der Waals surface area contributed by atoms with Gasteiger partial charge in [-0.15, -0.1) is 0 Å². The summed E-state index contributed by atoms with van der Waals surface area (Å²) >= 11 is 0. The molecule has 1 aromatic carbocycles. The zero-order valence-electron chi connectivity index (χ0n) is 13.8. The topological polar surface area (TPSA) is 79.4 Å². The van der Waals surface area contributed by atoms with E-state index in [0.29, 0.717) is 18.7 Å². The van der Waals surface area contributed by atoms with Crippen molar-refractivity contribution in [1.82, 2.24) is 14.6 Å². The number of rotatable bonds is 7. The van der Waals surface area contributed by atoms with Crippen LogP contribution in [0.4, 0.5) is 0 Å². The fourth-order valence-electron chi connectivity index (χ4n) is 2.23. The maximum Gasteiger partial charge on any atom is 0.253 e. The second kappa shape index (κ2) is 8.03. The Morgan fingerprint density at radius 1 is 1.04 bits per heavy atom. The van der Waals surface area contributed by atoms with Crippen LogP contribution in [0.25, 0.3) is 0 Å². The standard InChI is InChI=1S/C17H21N3O3S/c1-3-20(4-2)17(21)15-5-7-16(8-6-15)24(22,23)19-13-14-9-11-18-12-10-14/h5-12,19H,3-4,13H2,1-2H3. The number of carbonyl (C=O) groups excluding carboxylic acids is 1. The third kappa shape index (κ3) is 4.39. The molecular weight excluding hydrogens is 326 g/mol. The predicted octanol–water partition coefficient (Wildman–Crippen LogP) is 2.04. The first-order valence-electron chi connectivity index (χ1n) is 7.75. The lowest BCUT2D eigenvalue weighted by atomic mass is 10.2. The third-order valence-corrected chi connectivity index (χ3v) is 5.10. The highest BCUT2D eigenvalue weighted by Gasteiger charge is 2.16. The normalized spacial score (nSPS) is 11.2. The van der Waals surface area contributed by atoms with Crippen molar-refractivity contribution < 1.29 is 13.2 Å². The van der Waals surface area contributed by atoms with Gasteiger partial charge in [-0.2, -0.15) is 0 Å². The van der Waals surface area contributed by atoms with Gasteiger partial charge in [-0.05, 0) is 55.8 Å². The number of carbonyl (C=O) groups is 1. The van der Waals surface area contributed by atoms with Crippen molar-refractivity contribution >= 4 is 15.9 Å². The lowest BCUT2D eigenvalue weighted by molar-refractivity contribution is 0.0773. The minimum atomic E-state index is -3.63. The molecule has 1 aromatic heterocycles. The minimum absolute atomic E-state index is 0.103. The maximum absolute atomic E-state index is 12.3. The molecule has 128 valence electrons. The van der Waals surface area contributed by atoms with Gasteiger partial charge in [-0.25, -0.2) is 13.1 Å². The highest BCUT2D eigenvalue weighted by atomic mass is 32.2. The first-order chi connectivity index (χ1) is 11.5. The molecule has 0 radical (unpaired) electrons. The number of nitrogens with zero attached hydrogens (tertiary/aromatic N) is 2. The van der Waals surface area contributed by atoms with Gasteiger partial charge in [0.25, 0.3) is 5.91 Å². The lowest BCUT2D eigenvalue weighted by Gasteiger charge is -2.18. The fourth-order valence-corrected chi connectivity index (χ4v) is 3.25. The smallest absolute Gasteiger partial charge is 0.253 e. The van der Waals surface area contributed by atoms with Gasteiger partial charge < -0.3 is 4.90 Å². The van der Waals surface area contributed by atoms with Crippen LogP contribution in [-0.2, 0) is 16.6 Å². The molecule has 24 heavy (non-hydrogen) atoms. The fraction of sp³-hybridized carbons (Fsp3) is 0.294. The van der Waals surface area contributed by atoms with Crippen LogP contribution in [0.3, 0.4) is 0 Å². The summed E-state index contributed by atoms with van der Waals surface area (Å²) < 4.78 is 27.2. The number of hydrogen-bond acceptors (Lipinski definition) is 4. The lowest BCUT2D eigenvalue weighted by Crippen LogP contribution is -2.30. The molecule has 0 saturated carbocycles. The Hall–Kier alpha value is -2.25. The van der Waals surface area contributed by atoms with Crippen LogP contribution in [-0.4, -0.2) is 37.3 Å². The van der Waals surface area contributed by atoms with Gasteiger partial charge in [0.05, 0.1) is 4.90 Å². The molecule has 0 aliphatic rings. The molecule has 0 saturated heterocycles. The van der Waals surface area contributed by atoms with Crippen molar-refractivity contribution in [2.24, 2.45) is 0 Å². The van der Waals surface area contributed by atoms with Gasteiger partial charge in [0.2, 0.25) is 10.0 Å². The monoisotopic (exact) mass is 347 g/mol. The van der Waals surface area contributed by atoms with E-state index in [1.807, 2.05) is 13.8 Å². The van der Waals surface area contributed by atoms with Crippen molar-refractivity contribution in [1.29, 1.82) is 0 Å². The minimum Gasteiger partial charge on any atom is -0.339 e. The quantitative estimate of drug-likeness (QED) is 0.831. The summed E-state index contributed by atoms with van der Waals surface area (Å²) in [5.41, 5.74) is 1.30. The van der Waals surface area contributed by atoms with Crippen LogP contribution in [0.2, 0.25) is 0 Å². The molecule has 7 heteroatoms. The molecule has 0 aliphatic carbocycles. The van der Waals surface area contributed by atoms with E-state index in [1.54, 1.807) is 41.6 Å². The summed E-state index contributed by atoms with van der Waals surface area (Å²) in [5, 5.41) is 0. The number of sulfonamides is 1. The molecule has 0 spiro atoms. The van der Waals surface area contributed by atoms with Gasteiger partial charge in [0.15, 0.2) is 0 Å². The van der Waals surface area contributed by atoms with Gasteiger partial charge in [0, 0.05) is 37.6 Å². The molecule has 2 aromatic rings. The van der Waals surface area contributed by atoms with Crippen LogP contribution in [0.15, 0.2) is 53.7 Å². The first kappa shape index (κ1) is 18.1. The highest BCUT2D eigenvalue weighted by molar-refractivity contribution is 7.89. The van der Waals surface area contributed by atoms with Crippen molar-refractivity contribution in [2.45, 2.75) is 25.3 Å². The van der Waals surface area contributed by atoms with Gasteiger partial charge >= 0.3 is 0 Å². The number of benzene rings is 1. The summed E-state index contributed by atoms with van der Waals surface area (Å²) in [6.45, 7) is 5.23. The molecule has 1 N–H and O–H groups in total. The van der Waals surface area contributed by atoms with E-state index in [-0.39, 0.29) is 17.3 Å². The Kier molecular flexibility index (Phi) is 6.05. The third-order valence-electron chi connectivity index (χ3n) is 3.68. The van der Waals surface area contributed by atoms with E-state index < -0.39 is 10.0 Å². The molecule has 0 unspecified atom stereocenters. The Bertz CT molecular complexity index is 770. The van der Waals surface area contributed by atoms with Gasteiger partial charge in [-0.1, -0.05) is 0 Å². The molecule has 2 rings (SSSR count). The van der Waals surface area contributed by atoms with Crippen LogP contribution < -0.4 is 4.72 Å². The molecular formula is C17H21N3O3S. The molecule has 0 atom stereocenters. The molecule has 6 nitrogen and oxygen atoms in total. The molecule has 1 heterocycles. The second-order valence-corrected chi connectivity index (χ2v) is 6.95. The van der Waals surface area contributed by atoms with E-state index in [9.17, 15) is 13.2 Å². The van der Waals surface area contributed by atoms with Crippen LogP contribution in [0.1, 0.15) is 29.8 Å². The summed E-state index contributed by atoms with van der Waals surface area (Å²) in [5.74, 6) is -0.103. The Labute approximate surface area is 142 Å². The molecule has 1 amide bonds. The summed E-state index contributed by atoms with van der Waals surface area (Å²) in [4.78, 5) is 17.9. The van der Waals surface area contributed by atoms with Crippen LogP contribution in [0, 0.1) is 0 Å². The second-order valence-electron chi connectivity index (χ2n) is 5.18. The van der Waals surface area contributed by atoms with E-state index in [0.717, 1.165) is 5.56 Å².